The summed E-state index contributed by atoms with van der Waals surface area (Å²) < 4.78 is 0. The predicted octanol–water partition coefficient (Wildman–Crippen LogP) is 1.52. The Kier molecular flexibility index (Phi) is 8.52. The van der Waals surface area contributed by atoms with Gasteiger partial charge in [-0.1, -0.05) is 37.0 Å². The Labute approximate surface area is 91.1 Å². The molecule has 1 aliphatic heterocycles. The Morgan fingerprint density at radius 1 is 1.33 bits per heavy atom. The molecule has 84 valence electrons. The molecule has 0 spiro atoms. The highest BCUT2D eigenvalue weighted by molar-refractivity contribution is 5.22. The van der Waals surface area contributed by atoms with Crippen LogP contribution in [-0.4, -0.2) is 37.6 Å². The number of piperazine rings is 1. The molecule has 0 bridgehead atoms. The Morgan fingerprint density at radius 3 is 2.40 bits per heavy atom. The summed E-state index contributed by atoms with van der Waals surface area (Å²) in [5, 5.41) is 3.33. The smallest absolute Gasteiger partial charge is 0.0234 e. The van der Waals surface area contributed by atoms with Crippen LogP contribution in [0.3, 0.4) is 0 Å². The molecule has 0 aromatic rings. The van der Waals surface area contributed by atoms with Crippen LogP contribution in [0, 0.1) is 10.5 Å². The van der Waals surface area contributed by atoms with Gasteiger partial charge in [-0.2, -0.15) is 4.91 Å². The first-order chi connectivity index (χ1) is 7.36. The summed E-state index contributed by atoms with van der Waals surface area (Å²) in [6, 6.07) is 0. The lowest BCUT2D eigenvalue weighted by Crippen LogP contribution is -2.44. The molecular formula is C11H19N3O. The zero-order valence-electron chi connectivity index (χ0n) is 9.04. The summed E-state index contributed by atoms with van der Waals surface area (Å²) in [4.78, 5) is 9.92. The van der Waals surface area contributed by atoms with Crippen molar-refractivity contribution in [2.45, 2.75) is 0 Å². The third-order valence-electron chi connectivity index (χ3n) is 2.21. The van der Waals surface area contributed by atoms with Gasteiger partial charge in [0, 0.05) is 32.7 Å². The van der Waals surface area contributed by atoms with Crippen LogP contribution in [0.2, 0.25) is 0 Å². The SMILES string of the molecule is C=C/C=C(\C=C)CN1CCNCC1.N=O. The molecule has 1 fully saturated rings. The molecule has 1 saturated heterocycles. The number of hydrogen-bond acceptors (Lipinski definition) is 4. The molecule has 2 N–H and O–H groups in total. The van der Waals surface area contributed by atoms with E-state index in [1.54, 1.807) is 0 Å². The second-order valence-electron chi connectivity index (χ2n) is 3.21. The molecule has 0 saturated carbocycles. The summed E-state index contributed by atoms with van der Waals surface area (Å²) in [5.74, 6) is 0. The van der Waals surface area contributed by atoms with E-state index in [9.17, 15) is 0 Å². The molecular weight excluding hydrogens is 190 g/mol. The van der Waals surface area contributed by atoms with E-state index in [0.29, 0.717) is 0 Å². The van der Waals surface area contributed by atoms with Gasteiger partial charge in [0.2, 0.25) is 0 Å². The van der Waals surface area contributed by atoms with Crippen LogP contribution in [0.15, 0.2) is 37.0 Å². The molecule has 0 radical (unpaired) electrons. The number of hydrogen-bond donors (Lipinski definition) is 2. The highest BCUT2D eigenvalue weighted by Gasteiger charge is 2.09. The first-order valence-electron chi connectivity index (χ1n) is 4.94. The van der Waals surface area contributed by atoms with Crippen molar-refractivity contribution in [3.8, 4) is 0 Å². The Morgan fingerprint density at radius 2 is 1.93 bits per heavy atom. The first-order valence-corrected chi connectivity index (χ1v) is 4.94. The summed E-state index contributed by atoms with van der Waals surface area (Å²) in [6.07, 6.45) is 5.75. The van der Waals surface area contributed by atoms with Crippen LogP contribution < -0.4 is 5.32 Å². The van der Waals surface area contributed by atoms with Crippen LogP contribution in [0.4, 0.5) is 0 Å². The number of nitroso groups, excluding NO2 is 1. The average Bonchev–Trinajstić information content (AvgIpc) is 2.32. The molecule has 0 unspecified atom stereocenters. The Balaban J connectivity index is 0.000000921. The van der Waals surface area contributed by atoms with E-state index in [1.807, 2.05) is 18.2 Å². The summed E-state index contributed by atoms with van der Waals surface area (Å²) in [7, 11) is 0. The van der Waals surface area contributed by atoms with Crippen LogP contribution in [-0.2, 0) is 0 Å². The maximum atomic E-state index is 7.50. The van der Waals surface area contributed by atoms with Gasteiger partial charge in [-0.15, -0.1) is 0 Å². The van der Waals surface area contributed by atoms with Crippen molar-refractivity contribution in [3.05, 3.63) is 41.9 Å². The molecule has 1 rings (SSSR count). The second kappa shape index (κ2) is 9.30. The molecule has 1 aliphatic rings. The van der Waals surface area contributed by atoms with E-state index < -0.39 is 0 Å². The monoisotopic (exact) mass is 209 g/mol. The fourth-order valence-corrected chi connectivity index (χ4v) is 1.46. The van der Waals surface area contributed by atoms with Crippen molar-refractivity contribution >= 4 is 0 Å². The van der Waals surface area contributed by atoms with E-state index in [2.05, 4.69) is 29.0 Å². The molecule has 1 heterocycles. The molecule has 4 heteroatoms. The van der Waals surface area contributed by atoms with Crippen LogP contribution in [0.1, 0.15) is 0 Å². The van der Waals surface area contributed by atoms with Gasteiger partial charge in [0.05, 0.1) is 0 Å². The van der Waals surface area contributed by atoms with Crippen molar-refractivity contribution in [1.29, 1.82) is 5.59 Å². The van der Waals surface area contributed by atoms with Crippen molar-refractivity contribution in [2.75, 3.05) is 32.7 Å². The van der Waals surface area contributed by atoms with E-state index in [0.717, 1.165) is 32.7 Å². The van der Waals surface area contributed by atoms with E-state index >= 15 is 0 Å². The normalized spacial score (nSPS) is 17.5. The fourth-order valence-electron chi connectivity index (χ4n) is 1.46. The van der Waals surface area contributed by atoms with Gasteiger partial charge in [-0.05, 0) is 5.57 Å². The third kappa shape index (κ3) is 5.93. The lowest BCUT2D eigenvalue weighted by atomic mass is 10.2. The fraction of sp³-hybridized carbons (Fsp3) is 0.455. The summed E-state index contributed by atoms with van der Waals surface area (Å²) >= 11 is 0. The molecule has 0 aromatic heterocycles. The van der Waals surface area contributed by atoms with Gasteiger partial charge in [0.15, 0.2) is 0 Å². The highest BCUT2D eigenvalue weighted by atomic mass is 16.2. The van der Waals surface area contributed by atoms with E-state index in [-0.39, 0.29) is 0 Å². The minimum absolute atomic E-state index is 0.997. The zero-order chi connectivity index (χ0) is 11.5. The summed E-state index contributed by atoms with van der Waals surface area (Å²) in [5.41, 5.74) is 5.75. The third-order valence-corrected chi connectivity index (χ3v) is 2.21. The molecule has 4 nitrogen and oxygen atoms in total. The van der Waals surface area contributed by atoms with Crippen molar-refractivity contribution in [2.24, 2.45) is 0 Å². The second-order valence-corrected chi connectivity index (χ2v) is 3.21. The highest BCUT2D eigenvalue weighted by Crippen LogP contribution is 2.02. The lowest BCUT2D eigenvalue weighted by molar-refractivity contribution is 0.261. The zero-order valence-corrected chi connectivity index (χ0v) is 9.04. The standard InChI is InChI=1S/C11H18N2.HNO/c1-3-5-11(4-2)10-13-8-6-12-7-9-13;1-2/h3-5,12H,1-2,6-10H2;1H/b11-5+;. The molecule has 0 amide bonds. The minimum atomic E-state index is 0.997. The number of allylic oxidation sites excluding steroid dienone is 2. The largest absolute Gasteiger partial charge is 0.314 e. The predicted molar refractivity (Wildman–Crippen MR) is 63.9 cm³/mol. The Bertz CT molecular complexity index is 220. The number of nitrogens with one attached hydrogen (secondary N) is 2. The van der Waals surface area contributed by atoms with Gasteiger partial charge < -0.3 is 5.32 Å². The molecule has 0 atom stereocenters. The molecule has 15 heavy (non-hydrogen) atoms. The average molecular weight is 209 g/mol. The van der Waals surface area contributed by atoms with Gasteiger partial charge in [0.25, 0.3) is 0 Å². The number of nitrogens with zero attached hydrogens (tertiary/aromatic N) is 1. The van der Waals surface area contributed by atoms with Gasteiger partial charge >= 0.3 is 0 Å². The molecule has 0 aromatic carbocycles. The molecule has 0 aliphatic carbocycles. The van der Waals surface area contributed by atoms with E-state index in [1.165, 1.54) is 5.57 Å². The van der Waals surface area contributed by atoms with E-state index in [4.69, 9.17) is 4.91 Å². The van der Waals surface area contributed by atoms with Crippen molar-refractivity contribution < 1.29 is 0 Å². The van der Waals surface area contributed by atoms with Crippen molar-refractivity contribution in [1.82, 2.24) is 10.2 Å². The topological polar surface area (TPSA) is 56.2 Å². The number of rotatable bonds is 4. The van der Waals surface area contributed by atoms with Gasteiger partial charge in [0.1, 0.15) is 0 Å². The quantitative estimate of drug-likeness (QED) is 0.545. The van der Waals surface area contributed by atoms with Crippen LogP contribution in [0.25, 0.3) is 0 Å². The van der Waals surface area contributed by atoms with Gasteiger partial charge in [-0.3, -0.25) is 4.90 Å². The Hall–Kier alpha value is -1.26. The van der Waals surface area contributed by atoms with Crippen LogP contribution in [0.5, 0.6) is 0 Å². The maximum Gasteiger partial charge on any atom is 0.0234 e. The maximum absolute atomic E-state index is 7.50. The lowest BCUT2D eigenvalue weighted by Gasteiger charge is -2.27. The van der Waals surface area contributed by atoms with Crippen molar-refractivity contribution in [3.63, 3.8) is 0 Å². The minimum Gasteiger partial charge on any atom is -0.314 e. The first kappa shape index (κ1) is 13.7. The van der Waals surface area contributed by atoms with Gasteiger partial charge in [-0.25, -0.2) is 0 Å². The summed E-state index contributed by atoms with van der Waals surface area (Å²) in [6.45, 7) is 12.9. The van der Waals surface area contributed by atoms with Crippen LogP contribution >= 0.6 is 0 Å².